The highest BCUT2D eigenvalue weighted by molar-refractivity contribution is 7.99. The Labute approximate surface area is 193 Å². The Bertz CT molecular complexity index is 977. The molecule has 0 atom stereocenters. The third-order valence-electron chi connectivity index (χ3n) is 5.11. The van der Waals surface area contributed by atoms with Crippen LogP contribution in [0.3, 0.4) is 0 Å². The van der Waals surface area contributed by atoms with E-state index in [1.807, 2.05) is 11.8 Å². The van der Waals surface area contributed by atoms with E-state index in [0.717, 1.165) is 10.1 Å². The number of carbonyl (C=O) groups is 1. The number of carbonyl (C=O) groups excluding carboxylic acids is 1. The molecule has 1 saturated carbocycles. The minimum Gasteiger partial charge on any atom is -0.497 e. The fourth-order valence-corrected chi connectivity index (χ4v) is 6.30. The van der Waals surface area contributed by atoms with Gasteiger partial charge in [0.1, 0.15) is 12.3 Å². The maximum absolute atomic E-state index is 13.3. The van der Waals surface area contributed by atoms with Crippen molar-refractivity contribution in [3.63, 3.8) is 0 Å². The van der Waals surface area contributed by atoms with Crippen LogP contribution in [0, 0.1) is 0 Å². The van der Waals surface area contributed by atoms with Gasteiger partial charge in [-0.3, -0.25) is 9.10 Å². The zero-order valence-electron chi connectivity index (χ0n) is 17.4. The van der Waals surface area contributed by atoms with Crippen molar-refractivity contribution in [2.24, 2.45) is 0 Å². The third kappa shape index (κ3) is 6.54. The fraction of sp³-hybridized carbons (Fsp3) is 0.409. The van der Waals surface area contributed by atoms with E-state index in [-0.39, 0.29) is 17.3 Å². The lowest BCUT2D eigenvalue weighted by molar-refractivity contribution is -0.119. The largest absolute Gasteiger partial charge is 0.497 e. The van der Waals surface area contributed by atoms with Crippen molar-refractivity contribution in [3.05, 3.63) is 53.6 Å². The highest BCUT2D eigenvalue weighted by atomic mass is 35.5. The molecule has 1 amide bonds. The van der Waals surface area contributed by atoms with Gasteiger partial charge in [0.15, 0.2) is 0 Å². The van der Waals surface area contributed by atoms with E-state index in [0.29, 0.717) is 28.3 Å². The van der Waals surface area contributed by atoms with E-state index >= 15 is 0 Å². The molecule has 0 saturated heterocycles. The molecule has 0 aromatic heterocycles. The van der Waals surface area contributed by atoms with Gasteiger partial charge in [0.25, 0.3) is 10.0 Å². The number of amides is 1. The minimum atomic E-state index is -3.98. The number of benzene rings is 2. The average molecular weight is 483 g/mol. The van der Waals surface area contributed by atoms with Gasteiger partial charge in [-0.15, -0.1) is 0 Å². The first-order valence-corrected chi connectivity index (χ1v) is 13.1. The second-order valence-electron chi connectivity index (χ2n) is 7.29. The summed E-state index contributed by atoms with van der Waals surface area (Å²) in [5, 5.41) is 3.91. The second kappa shape index (κ2) is 11.1. The number of nitrogens with one attached hydrogen (secondary N) is 1. The molecule has 31 heavy (non-hydrogen) atoms. The van der Waals surface area contributed by atoms with Crippen molar-refractivity contribution in [2.75, 3.05) is 30.3 Å². The van der Waals surface area contributed by atoms with Gasteiger partial charge < -0.3 is 10.1 Å². The van der Waals surface area contributed by atoms with Crippen molar-refractivity contribution >= 4 is 45.0 Å². The van der Waals surface area contributed by atoms with E-state index < -0.39 is 10.0 Å². The lowest BCUT2D eigenvalue weighted by atomic mass is 10.3. The molecule has 2 aromatic carbocycles. The Morgan fingerprint density at radius 1 is 1.19 bits per heavy atom. The van der Waals surface area contributed by atoms with Crippen molar-refractivity contribution in [3.8, 4) is 5.75 Å². The molecule has 1 fully saturated rings. The predicted molar refractivity (Wildman–Crippen MR) is 127 cm³/mol. The Morgan fingerprint density at radius 3 is 2.55 bits per heavy atom. The van der Waals surface area contributed by atoms with Crippen LogP contribution in [0.4, 0.5) is 5.69 Å². The van der Waals surface area contributed by atoms with Gasteiger partial charge in [0.05, 0.1) is 17.7 Å². The van der Waals surface area contributed by atoms with E-state index in [2.05, 4.69) is 5.32 Å². The number of hydrogen-bond acceptors (Lipinski definition) is 5. The monoisotopic (exact) mass is 482 g/mol. The molecule has 1 aliphatic carbocycles. The van der Waals surface area contributed by atoms with Gasteiger partial charge in [-0.05, 0) is 55.3 Å². The summed E-state index contributed by atoms with van der Waals surface area (Å²) in [6.07, 6.45) is 5.03. The lowest BCUT2D eigenvalue weighted by Gasteiger charge is -2.24. The smallest absolute Gasteiger partial charge is 0.264 e. The first-order valence-electron chi connectivity index (χ1n) is 10.2. The van der Waals surface area contributed by atoms with E-state index in [9.17, 15) is 13.2 Å². The molecule has 3 rings (SSSR count). The van der Waals surface area contributed by atoms with Gasteiger partial charge >= 0.3 is 0 Å². The fourth-order valence-electron chi connectivity index (χ4n) is 3.48. The number of ether oxygens (including phenoxy) is 1. The number of halogens is 1. The molecule has 1 N–H and O–H groups in total. The van der Waals surface area contributed by atoms with Gasteiger partial charge in [0.2, 0.25) is 5.91 Å². The van der Waals surface area contributed by atoms with E-state index in [1.165, 1.54) is 51.0 Å². The molecule has 2 aromatic rings. The second-order valence-corrected chi connectivity index (χ2v) is 11.0. The number of anilines is 1. The molecule has 0 aliphatic heterocycles. The molecular formula is C22H27ClN2O4S2. The summed E-state index contributed by atoms with van der Waals surface area (Å²) in [7, 11) is -2.47. The van der Waals surface area contributed by atoms with Crippen LogP contribution in [0.25, 0.3) is 0 Å². The van der Waals surface area contributed by atoms with E-state index in [1.54, 1.807) is 30.3 Å². The Hall–Kier alpha value is -1.90. The number of methoxy groups -OCH3 is 1. The molecule has 0 heterocycles. The van der Waals surface area contributed by atoms with Gasteiger partial charge in [-0.25, -0.2) is 8.42 Å². The van der Waals surface area contributed by atoms with Crippen LogP contribution in [0.1, 0.15) is 25.7 Å². The Morgan fingerprint density at radius 2 is 1.90 bits per heavy atom. The molecular weight excluding hydrogens is 456 g/mol. The van der Waals surface area contributed by atoms with Crippen molar-refractivity contribution in [1.82, 2.24) is 5.32 Å². The molecule has 0 bridgehead atoms. The molecule has 0 unspecified atom stereocenters. The van der Waals surface area contributed by atoms with Crippen LogP contribution >= 0.6 is 23.4 Å². The van der Waals surface area contributed by atoms with Crippen LogP contribution in [-0.4, -0.2) is 45.5 Å². The number of sulfonamides is 1. The minimum absolute atomic E-state index is 0.0675. The van der Waals surface area contributed by atoms with Crippen LogP contribution < -0.4 is 14.4 Å². The first-order chi connectivity index (χ1) is 14.9. The summed E-state index contributed by atoms with van der Waals surface area (Å²) in [6.45, 7) is 0.175. The summed E-state index contributed by atoms with van der Waals surface area (Å²) in [4.78, 5) is 12.7. The Kier molecular flexibility index (Phi) is 8.51. The van der Waals surface area contributed by atoms with Crippen LogP contribution in [0.15, 0.2) is 53.4 Å². The zero-order valence-corrected chi connectivity index (χ0v) is 19.8. The highest BCUT2D eigenvalue weighted by Gasteiger charge is 2.27. The first kappa shape index (κ1) is 23.8. The lowest BCUT2D eigenvalue weighted by Crippen LogP contribution is -2.41. The Balaban J connectivity index is 1.72. The maximum Gasteiger partial charge on any atom is 0.264 e. The van der Waals surface area contributed by atoms with Crippen molar-refractivity contribution in [1.29, 1.82) is 0 Å². The number of nitrogens with zero attached hydrogens (tertiary/aromatic N) is 1. The summed E-state index contributed by atoms with van der Waals surface area (Å²) in [5.74, 6) is 1.01. The number of rotatable bonds is 10. The van der Waals surface area contributed by atoms with Crippen LogP contribution in [0.2, 0.25) is 5.02 Å². The van der Waals surface area contributed by atoms with Gasteiger partial charge in [-0.2, -0.15) is 11.8 Å². The number of hydrogen-bond donors (Lipinski definition) is 1. The van der Waals surface area contributed by atoms with Crippen LogP contribution in [-0.2, 0) is 14.8 Å². The normalized spacial score (nSPS) is 14.4. The summed E-state index contributed by atoms with van der Waals surface area (Å²) in [5.41, 5.74) is 0.332. The van der Waals surface area contributed by atoms with Crippen molar-refractivity contribution in [2.45, 2.75) is 35.8 Å². The standard InChI is InChI=1S/C22H27ClN2O4S2/c1-29-19-9-11-21(12-10-19)31(27,28)25(18-6-4-5-17(23)15-18)16-22(26)24-13-14-30-20-7-2-3-8-20/h4-6,9-12,15,20H,2-3,7-8,13-14,16H2,1H3,(H,24,26). The summed E-state index contributed by atoms with van der Waals surface area (Å²) >= 11 is 7.96. The molecule has 1 aliphatic rings. The zero-order chi connectivity index (χ0) is 22.3. The molecule has 0 spiro atoms. The quantitative estimate of drug-likeness (QED) is 0.510. The molecule has 0 radical (unpaired) electrons. The van der Waals surface area contributed by atoms with Crippen molar-refractivity contribution < 1.29 is 17.9 Å². The summed E-state index contributed by atoms with van der Waals surface area (Å²) < 4.78 is 32.9. The SMILES string of the molecule is COc1ccc(S(=O)(=O)N(CC(=O)NCCSC2CCCC2)c2cccc(Cl)c2)cc1. The molecule has 9 heteroatoms. The summed E-state index contributed by atoms with van der Waals surface area (Å²) in [6, 6.07) is 12.5. The number of thioether (sulfide) groups is 1. The molecule has 6 nitrogen and oxygen atoms in total. The maximum atomic E-state index is 13.3. The molecule has 168 valence electrons. The third-order valence-corrected chi connectivity index (χ3v) is 8.52. The van der Waals surface area contributed by atoms with Gasteiger partial charge in [-0.1, -0.05) is 30.5 Å². The van der Waals surface area contributed by atoms with Crippen LogP contribution in [0.5, 0.6) is 5.75 Å². The van der Waals surface area contributed by atoms with Gasteiger partial charge in [0, 0.05) is 22.6 Å². The van der Waals surface area contributed by atoms with E-state index in [4.69, 9.17) is 16.3 Å². The predicted octanol–water partition coefficient (Wildman–Crippen LogP) is 4.34. The average Bonchev–Trinajstić information content (AvgIpc) is 3.28. The highest BCUT2D eigenvalue weighted by Crippen LogP contribution is 2.29. The topological polar surface area (TPSA) is 75.7 Å².